The molecule has 1 N–H and O–H groups in total. The molecule has 25 heavy (non-hydrogen) atoms. The first-order chi connectivity index (χ1) is 11.7. The molecule has 3 rings (SSSR count). The van der Waals surface area contributed by atoms with Crippen LogP contribution in [-0.4, -0.2) is 17.6 Å². The minimum absolute atomic E-state index is 0.155. The first-order valence-electron chi connectivity index (χ1n) is 7.71. The number of imidazole rings is 1. The van der Waals surface area contributed by atoms with Gasteiger partial charge in [0, 0.05) is 14.1 Å². The Balaban J connectivity index is 2.05. The van der Waals surface area contributed by atoms with E-state index < -0.39 is 10.0 Å². The lowest BCUT2D eigenvalue weighted by molar-refractivity contribution is 0.601. The molecule has 0 radical (unpaired) electrons. The van der Waals surface area contributed by atoms with Crippen molar-refractivity contribution in [2.75, 3.05) is 4.72 Å². The number of anilines is 1. The average Bonchev–Trinajstić information content (AvgIpc) is 2.79. The number of hydrogen-bond acceptors (Lipinski definition) is 3. The molecule has 3 aromatic rings. The zero-order valence-electron chi connectivity index (χ0n) is 14.1. The molecule has 0 bridgehead atoms. The van der Waals surface area contributed by atoms with Crippen molar-refractivity contribution in [3.63, 3.8) is 0 Å². The van der Waals surface area contributed by atoms with Gasteiger partial charge in [0.2, 0.25) is 0 Å². The molecule has 8 heteroatoms. The molecule has 1 heterocycles. The number of benzene rings is 2. The Morgan fingerprint density at radius 3 is 2.16 bits per heavy atom. The minimum atomic E-state index is -3.77. The summed E-state index contributed by atoms with van der Waals surface area (Å²) in [7, 11) is -0.510. The Hall–Kier alpha value is -2.25. The molecule has 0 unspecified atom stereocenters. The molecular formula is C17H18ClN3O3S. The second kappa shape index (κ2) is 6.24. The van der Waals surface area contributed by atoms with Crippen molar-refractivity contribution in [1.82, 2.24) is 9.13 Å². The van der Waals surface area contributed by atoms with Gasteiger partial charge in [0.1, 0.15) is 0 Å². The number of rotatable bonds is 4. The summed E-state index contributed by atoms with van der Waals surface area (Å²) >= 11 is 6.23. The Bertz CT molecular complexity index is 1110. The SMILES string of the molecule is CCc1ccc(S(=O)(=O)Nc2cc3c(cc2Cl)n(C)c(=O)n3C)cc1. The standard InChI is InChI=1S/C17H18ClN3O3S/c1-4-11-5-7-12(8-6-11)25(23,24)19-14-10-16-15(9-13(14)18)20(2)17(22)21(16)3/h5-10,19H,4H2,1-3H3. The van der Waals surface area contributed by atoms with Crippen molar-refractivity contribution in [2.45, 2.75) is 18.2 Å². The van der Waals surface area contributed by atoms with Gasteiger partial charge >= 0.3 is 5.69 Å². The van der Waals surface area contributed by atoms with Gasteiger partial charge in [-0.25, -0.2) is 13.2 Å². The lowest BCUT2D eigenvalue weighted by Crippen LogP contribution is -2.19. The molecule has 6 nitrogen and oxygen atoms in total. The van der Waals surface area contributed by atoms with E-state index in [9.17, 15) is 13.2 Å². The van der Waals surface area contributed by atoms with Crippen molar-refractivity contribution in [1.29, 1.82) is 0 Å². The second-order valence-corrected chi connectivity index (χ2v) is 7.91. The topological polar surface area (TPSA) is 73.1 Å². The number of halogens is 1. The molecule has 0 saturated heterocycles. The van der Waals surface area contributed by atoms with Crippen LogP contribution in [0.1, 0.15) is 12.5 Å². The van der Waals surface area contributed by atoms with Crippen LogP contribution in [-0.2, 0) is 30.5 Å². The maximum Gasteiger partial charge on any atom is 0.328 e. The molecule has 0 amide bonds. The third-order valence-electron chi connectivity index (χ3n) is 4.25. The molecule has 0 spiro atoms. The predicted octanol–water partition coefficient (Wildman–Crippen LogP) is 2.89. The molecule has 0 saturated carbocycles. The summed E-state index contributed by atoms with van der Waals surface area (Å²) in [6.45, 7) is 2.00. The van der Waals surface area contributed by atoms with E-state index in [-0.39, 0.29) is 21.3 Å². The summed E-state index contributed by atoms with van der Waals surface area (Å²) < 4.78 is 30.6. The zero-order chi connectivity index (χ0) is 18.4. The lowest BCUT2D eigenvalue weighted by Gasteiger charge is -2.11. The highest BCUT2D eigenvalue weighted by atomic mass is 35.5. The maximum absolute atomic E-state index is 12.6. The van der Waals surface area contributed by atoms with Crippen molar-refractivity contribution in [3.8, 4) is 0 Å². The van der Waals surface area contributed by atoms with Gasteiger partial charge in [-0.1, -0.05) is 30.7 Å². The van der Waals surface area contributed by atoms with Crippen molar-refractivity contribution < 1.29 is 8.42 Å². The Morgan fingerprint density at radius 2 is 1.60 bits per heavy atom. The van der Waals surface area contributed by atoms with E-state index in [1.54, 1.807) is 50.5 Å². The normalized spacial score (nSPS) is 11.8. The van der Waals surface area contributed by atoms with Crippen molar-refractivity contribution >= 4 is 38.3 Å². The van der Waals surface area contributed by atoms with Crippen molar-refractivity contribution in [3.05, 3.63) is 57.5 Å². The molecule has 0 aliphatic rings. The van der Waals surface area contributed by atoms with E-state index in [1.807, 2.05) is 6.92 Å². The van der Waals surface area contributed by atoms with Gasteiger partial charge in [-0.05, 0) is 36.2 Å². The van der Waals surface area contributed by atoms with E-state index in [0.29, 0.717) is 11.0 Å². The largest absolute Gasteiger partial charge is 0.328 e. The van der Waals surface area contributed by atoms with Gasteiger partial charge in [-0.3, -0.25) is 13.9 Å². The number of nitrogens with one attached hydrogen (secondary N) is 1. The monoisotopic (exact) mass is 379 g/mol. The molecule has 132 valence electrons. The molecule has 1 aromatic heterocycles. The van der Waals surface area contributed by atoms with Crippen LogP contribution in [0.3, 0.4) is 0 Å². The zero-order valence-corrected chi connectivity index (χ0v) is 15.6. The second-order valence-electron chi connectivity index (χ2n) is 5.82. The van der Waals surface area contributed by atoms with Crippen LogP contribution in [0.2, 0.25) is 5.02 Å². The fourth-order valence-corrected chi connectivity index (χ4v) is 4.04. The number of hydrogen-bond donors (Lipinski definition) is 1. The van der Waals surface area contributed by atoms with E-state index in [2.05, 4.69) is 4.72 Å². The minimum Gasteiger partial charge on any atom is -0.295 e. The van der Waals surface area contributed by atoms with E-state index in [0.717, 1.165) is 12.0 Å². The van der Waals surface area contributed by atoms with Crippen molar-refractivity contribution in [2.24, 2.45) is 14.1 Å². The summed E-state index contributed by atoms with van der Waals surface area (Å²) in [6.07, 6.45) is 0.832. The molecule has 0 fully saturated rings. The van der Waals surface area contributed by atoms with Crippen LogP contribution in [0.25, 0.3) is 11.0 Å². The van der Waals surface area contributed by atoms with Gasteiger partial charge in [-0.15, -0.1) is 0 Å². The molecular weight excluding hydrogens is 362 g/mol. The highest BCUT2D eigenvalue weighted by Crippen LogP contribution is 2.29. The van der Waals surface area contributed by atoms with Gasteiger partial charge in [0.05, 0.1) is 26.6 Å². The number of aromatic nitrogens is 2. The van der Waals surface area contributed by atoms with Crippen LogP contribution >= 0.6 is 11.6 Å². The average molecular weight is 380 g/mol. The smallest absolute Gasteiger partial charge is 0.295 e. The molecule has 0 atom stereocenters. The van der Waals surface area contributed by atoms with Crippen LogP contribution in [0.15, 0.2) is 46.1 Å². The third kappa shape index (κ3) is 3.05. The van der Waals surface area contributed by atoms with Crippen LogP contribution in [0, 0.1) is 0 Å². The van der Waals surface area contributed by atoms with Crippen LogP contribution in [0.5, 0.6) is 0 Å². The number of fused-ring (bicyclic) bond motifs is 1. The van der Waals surface area contributed by atoms with Crippen LogP contribution < -0.4 is 10.4 Å². The first kappa shape index (κ1) is 17.6. The van der Waals surface area contributed by atoms with Gasteiger partial charge in [0.15, 0.2) is 0 Å². The Morgan fingerprint density at radius 1 is 1.04 bits per heavy atom. The quantitative estimate of drug-likeness (QED) is 0.757. The predicted molar refractivity (Wildman–Crippen MR) is 99.8 cm³/mol. The van der Waals surface area contributed by atoms with Gasteiger partial charge in [0.25, 0.3) is 10.0 Å². The van der Waals surface area contributed by atoms with E-state index in [1.165, 1.54) is 9.13 Å². The third-order valence-corrected chi connectivity index (χ3v) is 5.94. The maximum atomic E-state index is 12.6. The Kier molecular flexibility index (Phi) is 4.38. The van der Waals surface area contributed by atoms with Crippen LogP contribution in [0.4, 0.5) is 5.69 Å². The number of nitrogens with zero attached hydrogens (tertiary/aromatic N) is 2. The lowest BCUT2D eigenvalue weighted by atomic mass is 10.2. The van der Waals surface area contributed by atoms with Gasteiger partial charge < -0.3 is 0 Å². The summed E-state index contributed by atoms with van der Waals surface area (Å²) in [4.78, 5) is 12.2. The number of aryl methyl sites for hydroxylation is 3. The highest BCUT2D eigenvalue weighted by Gasteiger charge is 2.18. The van der Waals surface area contributed by atoms with E-state index >= 15 is 0 Å². The molecule has 0 aliphatic carbocycles. The molecule has 0 aliphatic heterocycles. The summed E-state index contributed by atoms with van der Waals surface area (Å²) in [5.74, 6) is 0. The first-order valence-corrected chi connectivity index (χ1v) is 9.57. The summed E-state index contributed by atoms with van der Waals surface area (Å²) in [5.41, 5.74) is 2.30. The summed E-state index contributed by atoms with van der Waals surface area (Å²) in [6, 6.07) is 9.83. The van der Waals surface area contributed by atoms with E-state index in [4.69, 9.17) is 11.6 Å². The highest BCUT2D eigenvalue weighted by molar-refractivity contribution is 7.92. The molecule has 2 aromatic carbocycles. The fourth-order valence-electron chi connectivity index (χ4n) is 2.71. The Labute approximate surface area is 150 Å². The van der Waals surface area contributed by atoms with Gasteiger partial charge in [-0.2, -0.15) is 0 Å². The fraction of sp³-hybridized carbons (Fsp3) is 0.235. The number of sulfonamides is 1. The summed E-state index contributed by atoms with van der Waals surface area (Å²) in [5, 5.41) is 0.224.